The van der Waals surface area contributed by atoms with E-state index in [0.717, 1.165) is 11.1 Å². The minimum atomic E-state index is -0.742. The third kappa shape index (κ3) is 3.71. The van der Waals surface area contributed by atoms with Crippen LogP contribution in [0.1, 0.15) is 5.69 Å². The van der Waals surface area contributed by atoms with Gasteiger partial charge in [0.25, 0.3) is 0 Å². The number of carbonyl (C=O) groups is 1. The SMILES string of the molecule is O=C(OCc1ccccn1)Oc1ccc(-c2ccsc2)cc1. The molecule has 0 fully saturated rings. The molecular formula is C17H13NO3S. The van der Waals surface area contributed by atoms with E-state index in [-0.39, 0.29) is 6.61 Å². The largest absolute Gasteiger partial charge is 0.514 e. The van der Waals surface area contributed by atoms with Crippen LogP contribution in [0.25, 0.3) is 11.1 Å². The molecule has 2 aromatic heterocycles. The van der Waals surface area contributed by atoms with E-state index in [0.29, 0.717) is 11.4 Å². The highest BCUT2D eigenvalue weighted by Gasteiger charge is 2.07. The molecule has 0 saturated carbocycles. The van der Waals surface area contributed by atoms with Gasteiger partial charge in [-0.2, -0.15) is 11.3 Å². The molecule has 0 unspecified atom stereocenters. The molecule has 2 heterocycles. The quantitative estimate of drug-likeness (QED) is 0.525. The molecule has 0 saturated heterocycles. The van der Waals surface area contributed by atoms with Gasteiger partial charge in [0, 0.05) is 6.20 Å². The van der Waals surface area contributed by atoms with E-state index in [1.807, 2.05) is 29.6 Å². The van der Waals surface area contributed by atoms with Crippen LogP contribution in [0.15, 0.2) is 65.5 Å². The first-order chi connectivity index (χ1) is 10.8. The second-order valence-electron chi connectivity index (χ2n) is 4.50. The Bertz CT molecular complexity index is 724. The standard InChI is InChI=1S/C17H13NO3S/c19-17(20-11-15-3-1-2-9-18-15)21-16-6-4-13(5-7-16)14-8-10-22-12-14/h1-10,12H,11H2. The number of rotatable bonds is 4. The Hall–Kier alpha value is -2.66. The Morgan fingerprint density at radius 1 is 1.05 bits per heavy atom. The van der Waals surface area contributed by atoms with Crippen LogP contribution < -0.4 is 4.74 Å². The molecule has 0 aliphatic heterocycles. The van der Waals surface area contributed by atoms with Crippen molar-refractivity contribution in [1.29, 1.82) is 0 Å². The summed E-state index contributed by atoms with van der Waals surface area (Å²) in [6, 6.07) is 14.8. The summed E-state index contributed by atoms with van der Waals surface area (Å²) < 4.78 is 10.1. The molecule has 3 rings (SSSR count). The second-order valence-corrected chi connectivity index (χ2v) is 5.28. The summed E-state index contributed by atoms with van der Waals surface area (Å²) in [6.07, 6.45) is 0.904. The third-order valence-electron chi connectivity index (χ3n) is 2.97. The fraction of sp³-hybridized carbons (Fsp3) is 0.0588. The van der Waals surface area contributed by atoms with Crippen LogP contribution in [0.5, 0.6) is 5.75 Å². The molecule has 4 nitrogen and oxygen atoms in total. The van der Waals surface area contributed by atoms with E-state index >= 15 is 0 Å². The maximum absolute atomic E-state index is 11.6. The van der Waals surface area contributed by atoms with Gasteiger partial charge in [0.2, 0.25) is 0 Å². The lowest BCUT2D eigenvalue weighted by Gasteiger charge is -2.06. The first-order valence-electron chi connectivity index (χ1n) is 6.68. The van der Waals surface area contributed by atoms with Gasteiger partial charge >= 0.3 is 6.16 Å². The Kier molecular flexibility index (Phi) is 4.46. The summed E-state index contributed by atoms with van der Waals surface area (Å²) in [5.41, 5.74) is 2.90. The highest BCUT2D eigenvalue weighted by atomic mass is 32.1. The predicted molar refractivity (Wildman–Crippen MR) is 84.8 cm³/mol. The van der Waals surface area contributed by atoms with E-state index in [2.05, 4.69) is 10.4 Å². The molecule has 22 heavy (non-hydrogen) atoms. The normalized spacial score (nSPS) is 10.2. The molecule has 0 bridgehead atoms. The van der Waals surface area contributed by atoms with Crippen molar-refractivity contribution in [1.82, 2.24) is 4.98 Å². The minimum absolute atomic E-state index is 0.0899. The number of nitrogens with zero attached hydrogens (tertiary/aromatic N) is 1. The average molecular weight is 311 g/mol. The maximum Gasteiger partial charge on any atom is 0.514 e. The number of thiophene rings is 1. The van der Waals surface area contributed by atoms with Gasteiger partial charge in [-0.05, 0) is 52.2 Å². The molecule has 3 aromatic rings. The second kappa shape index (κ2) is 6.87. The summed E-state index contributed by atoms with van der Waals surface area (Å²) in [4.78, 5) is 15.7. The van der Waals surface area contributed by atoms with Crippen molar-refractivity contribution in [3.8, 4) is 16.9 Å². The number of hydrogen-bond donors (Lipinski definition) is 0. The fourth-order valence-corrected chi connectivity index (χ4v) is 2.55. The number of aromatic nitrogens is 1. The van der Waals surface area contributed by atoms with E-state index < -0.39 is 6.16 Å². The van der Waals surface area contributed by atoms with E-state index in [1.165, 1.54) is 0 Å². The topological polar surface area (TPSA) is 48.4 Å². The highest BCUT2D eigenvalue weighted by molar-refractivity contribution is 7.08. The average Bonchev–Trinajstić information content (AvgIpc) is 3.09. The van der Waals surface area contributed by atoms with E-state index in [1.54, 1.807) is 41.8 Å². The molecule has 0 aliphatic rings. The number of hydrogen-bond acceptors (Lipinski definition) is 5. The number of carbonyl (C=O) groups excluding carboxylic acids is 1. The molecule has 1 aromatic carbocycles. The van der Waals surface area contributed by atoms with Crippen molar-refractivity contribution in [2.24, 2.45) is 0 Å². The first-order valence-corrected chi connectivity index (χ1v) is 7.63. The van der Waals surface area contributed by atoms with Crippen molar-refractivity contribution in [2.45, 2.75) is 6.61 Å². The number of benzene rings is 1. The van der Waals surface area contributed by atoms with Crippen LogP contribution >= 0.6 is 11.3 Å². The van der Waals surface area contributed by atoms with Crippen LogP contribution in [0, 0.1) is 0 Å². The minimum Gasteiger partial charge on any atom is -0.427 e. The van der Waals surface area contributed by atoms with Gasteiger partial charge in [0.15, 0.2) is 0 Å². The molecule has 110 valence electrons. The van der Waals surface area contributed by atoms with Crippen molar-refractivity contribution in [3.63, 3.8) is 0 Å². The first kappa shape index (κ1) is 14.3. The lowest BCUT2D eigenvalue weighted by atomic mass is 10.1. The Morgan fingerprint density at radius 2 is 1.91 bits per heavy atom. The molecule has 0 spiro atoms. The van der Waals surface area contributed by atoms with Crippen LogP contribution in [0.2, 0.25) is 0 Å². The van der Waals surface area contributed by atoms with Gasteiger partial charge in [0.1, 0.15) is 12.4 Å². The van der Waals surface area contributed by atoms with Gasteiger partial charge in [-0.3, -0.25) is 4.98 Å². The fourth-order valence-electron chi connectivity index (χ4n) is 1.89. The van der Waals surface area contributed by atoms with E-state index in [4.69, 9.17) is 9.47 Å². The molecule has 0 aliphatic carbocycles. The monoisotopic (exact) mass is 311 g/mol. The van der Waals surface area contributed by atoms with Crippen molar-refractivity contribution >= 4 is 17.5 Å². The molecular weight excluding hydrogens is 298 g/mol. The Balaban J connectivity index is 1.55. The lowest BCUT2D eigenvalue weighted by Crippen LogP contribution is -2.10. The zero-order valence-electron chi connectivity index (χ0n) is 11.6. The summed E-state index contributed by atoms with van der Waals surface area (Å²) in [5, 5.41) is 4.09. The van der Waals surface area contributed by atoms with Crippen molar-refractivity contribution in [3.05, 3.63) is 71.2 Å². The molecule has 5 heteroatoms. The number of pyridine rings is 1. The Morgan fingerprint density at radius 3 is 2.59 bits per heavy atom. The highest BCUT2D eigenvalue weighted by Crippen LogP contribution is 2.24. The summed E-state index contributed by atoms with van der Waals surface area (Å²) in [7, 11) is 0. The Labute approximate surface area is 132 Å². The zero-order valence-corrected chi connectivity index (χ0v) is 12.5. The molecule has 0 amide bonds. The molecule has 0 N–H and O–H groups in total. The van der Waals surface area contributed by atoms with Crippen molar-refractivity contribution < 1.29 is 14.3 Å². The van der Waals surface area contributed by atoms with Crippen LogP contribution in [0.3, 0.4) is 0 Å². The van der Waals surface area contributed by atoms with Gasteiger partial charge < -0.3 is 9.47 Å². The predicted octanol–water partition coefficient (Wildman–Crippen LogP) is 4.53. The summed E-state index contributed by atoms with van der Waals surface area (Å²) in [5.74, 6) is 0.449. The van der Waals surface area contributed by atoms with Crippen molar-refractivity contribution in [2.75, 3.05) is 0 Å². The van der Waals surface area contributed by atoms with Gasteiger partial charge in [-0.1, -0.05) is 18.2 Å². The van der Waals surface area contributed by atoms with Crippen LogP contribution in [-0.2, 0) is 11.3 Å². The summed E-state index contributed by atoms with van der Waals surface area (Å²) >= 11 is 1.64. The lowest BCUT2D eigenvalue weighted by molar-refractivity contribution is 0.0916. The number of ether oxygens (including phenoxy) is 2. The zero-order chi connectivity index (χ0) is 15.2. The maximum atomic E-state index is 11.6. The summed E-state index contributed by atoms with van der Waals surface area (Å²) in [6.45, 7) is 0.0899. The van der Waals surface area contributed by atoms with Crippen LogP contribution in [-0.4, -0.2) is 11.1 Å². The smallest absolute Gasteiger partial charge is 0.427 e. The third-order valence-corrected chi connectivity index (χ3v) is 3.66. The molecule has 0 atom stereocenters. The molecule has 0 radical (unpaired) electrons. The van der Waals surface area contributed by atoms with Gasteiger partial charge in [-0.25, -0.2) is 4.79 Å². The van der Waals surface area contributed by atoms with Gasteiger partial charge in [-0.15, -0.1) is 0 Å². The van der Waals surface area contributed by atoms with Gasteiger partial charge in [0.05, 0.1) is 5.69 Å². The van der Waals surface area contributed by atoms with E-state index in [9.17, 15) is 4.79 Å². The van der Waals surface area contributed by atoms with Crippen LogP contribution in [0.4, 0.5) is 4.79 Å².